The van der Waals surface area contributed by atoms with Crippen LogP contribution in [-0.2, 0) is 35.3 Å². The van der Waals surface area contributed by atoms with Crippen LogP contribution < -0.4 is 0 Å². The smallest absolute Gasteiger partial charge is 0.410 e. The topological polar surface area (TPSA) is 146 Å². The number of carbonyl (C=O) groups excluding carboxylic acids is 2. The van der Waals surface area contributed by atoms with Crippen molar-refractivity contribution in [3.63, 3.8) is 0 Å². The largest absolute Gasteiger partial charge is 0.469 e. The van der Waals surface area contributed by atoms with E-state index in [9.17, 15) is 28.1 Å². The Bertz CT molecular complexity index is 1580. The lowest BCUT2D eigenvalue weighted by Crippen LogP contribution is -2.74. The van der Waals surface area contributed by atoms with Gasteiger partial charge in [0, 0.05) is 25.2 Å². The fourth-order valence-corrected chi connectivity index (χ4v) is 10.00. The summed E-state index contributed by atoms with van der Waals surface area (Å²) < 4.78 is 48.1. The van der Waals surface area contributed by atoms with Crippen molar-refractivity contribution in [2.24, 2.45) is 17.8 Å². The number of carbonyl (C=O) groups is 2. The summed E-state index contributed by atoms with van der Waals surface area (Å²) in [6.45, 7) is 10.9. The van der Waals surface area contributed by atoms with Gasteiger partial charge in [0.1, 0.15) is 6.61 Å². The molecule has 1 aliphatic carbocycles. The molecular weight excluding hydrogens is 631 g/mol. The van der Waals surface area contributed by atoms with E-state index in [0.29, 0.717) is 12.8 Å². The summed E-state index contributed by atoms with van der Waals surface area (Å²) in [5.74, 6) is -1.70. The Morgan fingerprint density at radius 1 is 1.09 bits per heavy atom. The van der Waals surface area contributed by atoms with E-state index < -0.39 is 52.8 Å². The molecule has 2 aliphatic heterocycles. The molecule has 0 N–H and O–H groups in total. The molecule has 250 valence electrons. The highest BCUT2D eigenvalue weighted by molar-refractivity contribution is 7.89. The fourth-order valence-electron chi connectivity index (χ4n) is 7.25. The number of benzene rings is 2. The molecule has 3 fully saturated rings. The minimum absolute atomic E-state index is 0.0234. The lowest BCUT2D eigenvalue weighted by molar-refractivity contribution is -0.384. The number of hydrogen-bond donors (Lipinski definition) is 0. The van der Waals surface area contributed by atoms with Crippen LogP contribution in [0.15, 0.2) is 59.5 Å². The summed E-state index contributed by atoms with van der Waals surface area (Å²) in [7, 11) is -5.47. The molecule has 5 rings (SSSR count). The second-order valence-corrected chi connectivity index (χ2v) is 20.7. The summed E-state index contributed by atoms with van der Waals surface area (Å²) in [5, 5.41) is 11.1. The predicted molar refractivity (Wildman–Crippen MR) is 172 cm³/mol. The SMILES string of the molecule is COC(=O)[C@H]1C[C@H]2CN(C(=O)OCc3ccccc3)[C@@]3(CO[Si](C)(C)C(C)(C)C)[C@@H]2CCN(S(=O)(=O)c2ccc([N+](=O)[O-])cc2)[C@@H]13. The van der Waals surface area contributed by atoms with E-state index >= 15 is 0 Å². The van der Waals surface area contributed by atoms with Crippen LogP contribution in [0.3, 0.4) is 0 Å². The molecule has 1 amide bonds. The monoisotopic (exact) mass is 673 g/mol. The number of piperidine rings is 1. The molecule has 1 saturated carbocycles. The van der Waals surface area contributed by atoms with Crippen molar-refractivity contribution in [2.75, 3.05) is 26.8 Å². The second-order valence-electron chi connectivity index (χ2n) is 14.0. The van der Waals surface area contributed by atoms with Crippen LogP contribution in [0, 0.1) is 27.9 Å². The van der Waals surface area contributed by atoms with E-state index in [1.807, 2.05) is 30.3 Å². The number of nitro groups is 1. The number of nitrogens with zero attached hydrogens (tertiary/aromatic N) is 3. The van der Waals surface area contributed by atoms with Crippen LogP contribution in [0.1, 0.15) is 39.2 Å². The Labute approximate surface area is 271 Å². The van der Waals surface area contributed by atoms with Crippen molar-refractivity contribution in [1.82, 2.24) is 9.21 Å². The van der Waals surface area contributed by atoms with Gasteiger partial charge in [-0.2, -0.15) is 4.31 Å². The Morgan fingerprint density at radius 2 is 1.74 bits per heavy atom. The third-order valence-electron chi connectivity index (χ3n) is 10.6. The number of sulfonamides is 1. The number of esters is 1. The van der Waals surface area contributed by atoms with Crippen LogP contribution in [0.25, 0.3) is 0 Å². The van der Waals surface area contributed by atoms with Gasteiger partial charge in [-0.15, -0.1) is 0 Å². The van der Waals surface area contributed by atoms with E-state index in [4.69, 9.17) is 13.9 Å². The van der Waals surface area contributed by atoms with Crippen molar-refractivity contribution < 1.29 is 36.8 Å². The van der Waals surface area contributed by atoms with Crippen molar-refractivity contribution in [3.8, 4) is 0 Å². The molecule has 2 saturated heterocycles. The van der Waals surface area contributed by atoms with Crippen molar-refractivity contribution in [2.45, 2.75) is 74.8 Å². The van der Waals surface area contributed by atoms with Gasteiger partial charge in [-0.05, 0) is 60.5 Å². The van der Waals surface area contributed by atoms with Crippen LogP contribution >= 0.6 is 0 Å². The van der Waals surface area contributed by atoms with Crippen molar-refractivity contribution in [1.29, 1.82) is 0 Å². The average Bonchev–Trinajstić information content (AvgIpc) is 3.25. The molecule has 14 heteroatoms. The first kappa shape index (κ1) is 34.0. The van der Waals surface area contributed by atoms with Crippen LogP contribution in [0.4, 0.5) is 10.5 Å². The molecule has 2 aromatic rings. The quantitative estimate of drug-likeness (QED) is 0.152. The lowest BCUT2D eigenvalue weighted by Gasteiger charge is -2.58. The number of nitro benzene ring substituents is 1. The number of non-ortho nitro benzene ring substituents is 1. The van der Waals surface area contributed by atoms with Crippen LogP contribution in [-0.4, -0.2) is 81.3 Å². The third-order valence-corrected chi connectivity index (χ3v) is 17.0. The maximum absolute atomic E-state index is 14.4. The minimum Gasteiger partial charge on any atom is -0.469 e. The number of likely N-dealkylation sites (tertiary alicyclic amines) is 1. The molecule has 3 aliphatic rings. The molecular formula is C32H43N3O9SSi. The molecule has 46 heavy (non-hydrogen) atoms. The zero-order chi connectivity index (χ0) is 33.7. The maximum atomic E-state index is 14.4. The Balaban J connectivity index is 1.63. The first-order chi connectivity index (χ1) is 21.5. The first-order valence-corrected chi connectivity index (χ1v) is 19.9. The Kier molecular flexibility index (Phi) is 9.14. The van der Waals surface area contributed by atoms with Gasteiger partial charge in [-0.25, -0.2) is 13.2 Å². The number of amides is 1. The lowest BCUT2D eigenvalue weighted by atomic mass is 9.60. The number of methoxy groups -OCH3 is 1. The number of rotatable bonds is 9. The molecule has 5 atom stereocenters. The fraction of sp³-hybridized carbons (Fsp3) is 0.562. The summed E-state index contributed by atoms with van der Waals surface area (Å²) in [4.78, 5) is 39.8. The highest BCUT2D eigenvalue weighted by Gasteiger charge is 2.71. The van der Waals surface area contributed by atoms with E-state index in [2.05, 4.69) is 33.9 Å². The first-order valence-electron chi connectivity index (χ1n) is 15.5. The second kappa shape index (κ2) is 12.4. The van der Waals surface area contributed by atoms with E-state index in [1.165, 1.54) is 23.5 Å². The van der Waals surface area contributed by atoms with Gasteiger partial charge < -0.3 is 13.9 Å². The molecule has 0 unspecified atom stereocenters. The molecule has 2 aromatic carbocycles. The Morgan fingerprint density at radius 3 is 2.33 bits per heavy atom. The summed E-state index contributed by atoms with van der Waals surface area (Å²) >= 11 is 0. The number of ether oxygens (including phenoxy) is 2. The summed E-state index contributed by atoms with van der Waals surface area (Å²) in [6, 6.07) is 13.0. The van der Waals surface area contributed by atoms with Gasteiger partial charge in [-0.1, -0.05) is 51.1 Å². The maximum Gasteiger partial charge on any atom is 0.410 e. The average molecular weight is 674 g/mol. The zero-order valence-electron chi connectivity index (χ0n) is 27.2. The zero-order valence-corrected chi connectivity index (χ0v) is 29.0. The van der Waals surface area contributed by atoms with Gasteiger partial charge in [0.25, 0.3) is 5.69 Å². The minimum atomic E-state index is -4.30. The predicted octanol–water partition coefficient (Wildman–Crippen LogP) is 5.20. The highest BCUT2D eigenvalue weighted by Crippen LogP contribution is 2.58. The van der Waals surface area contributed by atoms with E-state index in [1.54, 1.807) is 4.90 Å². The molecule has 0 radical (unpaired) electrons. The normalized spacial score (nSPS) is 26.4. The molecule has 12 nitrogen and oxygen atoms in total. The van der Waals surface area contributed by atoms with Gasteiger partial charge in [0.2, 0.25) is 10.0 Å². The van der Waals surface area contributed by atoms with Crippen LogP contribution in [0.2, 0.25) is 18.1 Å². The van der Waals surface area contributed by atoms with Gasteiger partial charge in [0.15, 0.2) is 8.32 Å². The standard InChI is InChI=1S/C32H43N3O9SSi/c1-31(2,3)46(5,6)44-21-32-27-16-17-34(45(40,41)25-14-12-24(13-15-25)35(38)39)28(32)26(29(36)42-4)18-23(27)19-33(32)30(37)43-20-22-10-8-7-9-11-22/h7-15,23,26-28H,16-21H2,1-6H3/t23-,26-,27+,28-,32-/m0/s1. The third kappa shape index (κ3) is 5.84. The van der Waals surface area contributed by atoms with Gasteiger partial charge in [0.05, 0.1) is 41.0 Å². The van der Waals surface area contributed by atoms with E-state index in [0.717, 1.165) is 17.7 Å². The highest BCUT2D eigenvalue weighted by atomic mass is 32.2. The van der Waals surface area contributed by atoms with Gasteiger partial charge >= 0.3 is 12.1 Å². The van der Waals surface area contributed by atoms with Gasteiger partial charge in [-0.3, -0.25) is 19.8 Å². The van der Waals surface area contributed by atoms with E-state index in [-0.39, 0.29) is 53.8 Å². The van der Waals surface area contributed by atoms with Crippen molar-refractivity contribution in [3.05, 3.63) is 70.3 Å². The Hall–Kier alpha value is -3.33. The molecule has 2 heterocycles. The van der Waals surface area contributed by atoms with Crippen molar-refractivity contribution >= 4 is 36.1 Å². The summed E-state index contributed by atoms with van der Waals surface area (Å²) in [6.07, 6.45) is 0.170. The number of hydrogen-bond acceptors (Lipinski definition) is 9. The molecule has 0 aromatic heterocycles. The molecule has 0 spiro atoms. The van der Waals surface area contributed by atoms with Crippen LogP contribution in [0.5, 0.6) is 0 Å². The summed E-state index contributed by atoms with van der Waals surface area (Å²) in [5.41, 5.74) is -0.662. The molecule has 4 bridgehead atoms.